The van der Waals surface area contributed by atoms with Gasteiger partial charge in [-0.2, -0.15) is 4.68 Å². The largest absolute Gasteiger partial charge is 0.320 e. The van der Waals surface area contributed by atoms with Crippen LogP contribution in [0.4, 0.5) is 11.4 Å². The first-order valence-corrected chi connectivity index (χ1v) is 9.54. The number of carbonyl (C=O) groups excluding carboxylic acids is 1. The van der Waals surface area contributed by atoms with Crippen LogP contribution in [0.2, 0.25) is 0 Å². The van der Waals surface area contributed by atoms with Gasteiger partial charge in [0.15, 0.2) is 0 Å². The lowest BCUT2D eigenvalue weighted by Crippen LogP contribution is -2.15. The SMILES string of the molecule is O=C(CSc1nnnn1-c1cccc2ccccc12)Nc1ccccc1[N+](=O)[O-]. The first-order chi connectivity index (χ1) is 14.1. The minimum Gasteiger partial charge on any atom is -0.320 e. The van der Waals surface area contributed by atoms with Crippen molar-refractivity contribution in [1.29, 1.82) is 0 Å². The molecule has 1 amide bonds. The number of thioether (sulfide) groups is 1. The molecule has 0 fully saturated rings. The summed E-state index contributed by atoms with van der Waals surface area (Å²) in [5.41, 5.74) is 0.790. The summed E-state index contributed by atoms with van der Waals surface area (Å²) in [5.74, 6) is -0.395. The van der Waals surface area contributed by atoms with Crippen molar-refractivity contribution in [3.8, 4) is 5.69 Å². The summed E-state index contributed by atoms with van der Waals surface area (Å²) in [6.07, 6.45) is 0. The normalized spacial score (nSPS) is 10.8. The van der Waals surface area contributed by atoms with Crippen LogP contribution < -0.4 is 5.32 Å². The molecule has 4 aromatic rings. The summed E-state index contributed by atoms with van der Waals surface area (Å²) in [6.45, 7) is 0. The molecule has 0 spiro atoms. The lowest BCUT2D eigenvalue weighted by atomic mass is 10.1. The van der Waals surface area contributed by atoms with E-state index < -0.39 is 10.8 Å². The van der Waals surface area contributed by atoms with Gasteiger partial charge < -0.3 is 5.32 Å². The third-order valence-corrected chi connectivity index (χ3v) is 5.06. The molecule has 9 nitrogen and oxygen atoms in total. The Morgan fingerprint density at radius 1 is 1.07 bits per heavy atom. The molecule has 0 aliphatic heterocycles. The van der Waals surface area contributed by atoms with Gasteiger partial charge in [0.25, 0.3) is 5.69 Å². The number of para-hydroxylation sites is 2. The fraction of sp³-hybridized carbons (Fsp3) is 0.0526. The van der Waals surface area contributed by atoms with Crippen LogP contribution in [-0.2, 0) is 4.79 Å². The highest BCUT2D eigenvalue weighted by molar-refractivity contribution is 7.99. The van der Waals surface area contributed by atoms with Gasteiger partial charge in [-0.15, -0.1) is 5.10 Å². The Labute approximate surface area is 168 Å². The number of nitro groups is 1. The molecule has 0 unspecified atom stereocenters. The Hall–Kier alpha value is -3.79. The number of nitro benzene ring substituents is 1. The topological polar surface area (TPSA) is 116 Å². The number of nitrogens with one attached hydrogen (secondary N) is 1. The van der Waals surface area contributed by atoms with Crippen molar-refractivity contribution in [3.05, 3.63) is 76.8 Å². The highest BCUT2D eigenvalue weighted by Gasteiger charge is 2.17. The van der Waals surface area contributed by atoms with Gasteiger partial charge in [-0.25, -0.2) is 0 Å². The standard InChI is InChI=1S/C19H14N6O3S/c26-18(20-15-9-3-4-10-17(15)25(27)28)12-29-19-21-22-23-24(19)16-11-5-7-13-6-1-2-8-14(13)16/h1-11H,12H2,(H,20,26). The van der Waals surface area contributed by atoms with Gasteiger partial charge in [0, 0.05) is 11.5 Å². The fourth-order valence-electron chi connectivity index (χ4n) is 2.87. The molecule has 1 aromatic heterocycles. The molecule has 10 heteroatoms. The van der Waals surface area contributed by atoms with E-state index in [1.807, 2.05) is 42.5 Å². The van der Waals surface area contributed by atoms with Crippen molar-refractivity contribution >= 4 is 39.8 Å². The molecule has 0 saturated carbocycles. The van der Waals surface area contributed by atoms with Crippen LogP contribution >= 0.6 is 11.8 Å². The van der Waals surface area contributed by atoms with Crippen LogP contribution in [0.1, 0.15) is 0 Å². The number of aromatic nitrogens is 4. The summed E-state index contributed by atoms with van der Waals surface area (Å²) >= 11 is 1.14. The summed E-state index contributed by atoms with van der Waals surface area (Å²) in [5, 5.41) is 27.9. The molecule has 0 bridgehead atoms. The van der Waals surface area contributed by atoms with Crippen LogP contribution in [0.25, 0.3) is 16.5 Å². The Morgan fingerprint density at radius 2 is 1.83 bits per heavy atom. The van der Waals surface area contributed by atoms with Crippen LogP contribution in [0.3, 0.4) is 0 Å². The zero-order valence-electron chi connectivity index (χ0n) is 14.9. The molecule has 0 aliphatic rings. The van der Waals surface area contributed by atoms with E-state index in [1.165, 1.54) is 12.1 Å². The smallest absolute Gasteiger partial charge is 0.292 e. The number of tetrazole rings is 1. The second-order valence-corrected chi connectivity index (χ2v) is 6.93. The number of hydrogen-bond acceptors (Lipinski definition) is 7. The molecule has 0 saturated heterocycles. The molecular formula is C19H14N6O3S. The first kappa shape index (κ1) is 18.6. The second-order valence-electron chi connectivity index (χ2n) is 5.98. The van der Waals surface area contributed by atoms with Crippen LogP contribution in [-0.4, -0.2) is 36.8 Å². The van der Waals surface area contributed by atoms with E-state index >= 15 is 0 Å². The number of amides is 1. The van der Waals surface area contributed by atoms with E-state index in [0.717, 1.165) is 28.2 Å². The molecular weight excluding hydrogens is 392 g/mol. The van der Waals surface area contributed by atoms with Gasteiger partial charge in [-0.3, -0.25) is 14.9 Å². The van der Waals surface area contributed by atoms with Crippen molar-refractivity contribution in [1.82, 2.24) is 20.2 Å². The van der Waals surface area contributed by atoms with Crippen LogP contribution in [0.5, 0.6) is 0 Å². The lowest BCUT2D eigenvalue weighted by molar-refractivity contribution is -0.383. The average molecular weight is 406 g/mol. The van der Waals surface area contributed by atoms with Crippen molar-refractivity contribution in [3.63, 3.8) is 0 Å². The molecule has 4 rings (SSSR count). The van der Waals surface area contributed by atoms with E-state index in [9.17, 15) is 14.9 Å². The average Bonchev–Trinajstić information content (AvgIpc) is 3.20. The molecule has 29 heavy (non-hydrogen) atoms. The first-order valence-electron chi connectivity index (χ1n) is 8.56. The summed E-state index contributed by atoms with van der Waals surface area (Å²) in [6, 6.07) is 19.7. The number of hydrogen-bond donors (Lipinski definition) is 1. The van der Waals surface area contributed by atoms with Crippen molar-refractivity contribution < 1.29 is 9.72 Å². The molecule has 0 radical (unpaired) electrons. The number of fused-ring (bicyclic) bond motifs is 1. The molecule has 144 valence electrons. The highest BCUT2D eigenvalue weighted by Crippen LogP contribution is 2.26. The Morgan fingerprint density at radius 3 is 2.69 bits per heavy atom. The maximum atomic E-state index is 12.3. The second kappa shape index (κ2) is 8.07. The Bertz CT molecular complexity index is 1200. The predicted octanol–water partition coefficient (Wildman–Crippen LogP) is 3.45. The van der Waals surface area contributed by atoms with Crippen molar-refractivity contribution in [2.75, 3.05) is 11.1 Å². The number of rotatable bonds is 6. The number of nitrogens with zero attached hydrogens (tertiary/aromatic N) is 5. The van der Waals surface area contributed by atoms with Gasteiger partial charge in [0.1, 0.15) is 5.69 Å². The number of anilines is 1. The third kappa shape index (κ3) is 3.92. The maximum Gasteiger partial charge on any atom is 0.292 e. The number of benzene rings is 3. The Balaban J connectivity index is 1.52. The minimum atomic E-state index is -0.538. The van der Waals surface area contributed by atoms with Gasteiger partial charge >= 0.3 is 0 Å². The van der Waals surface area contributed by atoms with Gasteiger partial charge in [-0.1, -0.05) is 60.3 Å². The molecule has 0 aliphatic carbocycles. The lowest BCUT2D eigenvalue weighted by Gasteiger charge is -2.08. The van der Waals surface area contributed by atoms with Gasteiger partial charge in [-0.05, 0) is 27.9 Å². The van der Waals surface area contributed by atoms with E-state index in [0.29, 0.717) is 5.16 Å². The summed E-state index contributed by atoms with van der Waals surface area (Å²) < 4.78 is 1.57. The highest BCUT2D eigenvalue weighted by atomic mass is 32.2. The van der Waals surface area contributed by atoms with E-state index in [2.05, 4.69) is 20.8 Å². The van der Waals surface area contributed by atoms with Gasteiger partial charge in [0.2, 0.25) is 11.1 Å². The van der Waals surface area contributed by atoms with E-state index in [1.54, 1.807) is 16.8 Å². The minimum absolute atomic E-state index is 0.00279. The molecule has 3 aromatic carbocycles. The number of carbonyl (C=O) groups is 1. The maximum absolute atomic E-state index is 12.3. The van der Waals surface area contributed by atoms with E-state index in [-0.39, 0.29) is 17.1 Å². The molecule has 0 atom stereocenters. The molecule has 1 heterocycles. The van der Waals surface area contributed by atoms with Gasteiger partial charge in [0.05, 0.1) is 16.4 Å². The predicted molar refractivity (Wildman–Crippen MR) is 109 cm³/mol. The zero-order valence-corrected chi connectivity index (χ0v) is 15.7. The van der Waals surface area contributed by atoms with E-state index in [4.69, 9.17) is 0 Å². The Kier molecular flexibility index (Phi) is 5.16. The summed E-state index contributed by atoms with van der Waals surface area (Å²) in [7, 11) is 0. The quantitative estimate of drug-likeness (QED) is 0.296. The molecule has 1 N–H and O–H groups in total. The van der Waals surface area contributed by atoms with Crippen molar-refractivity contribution in [2.24, 2.45) is 0 Å². The monoisotopic (exact) mass is 406 g/mol. The van der Waals surface area contributed by atoms with Crippen LogP contribution in [0, 0.1) is 10.1 Å². The summed E-state index contributed by atoms with van der Waals surface area (Å²) in [4.78, 5) is 22.8. The fourth-order valence-corrected chi connectivity index (χ4v) is 3.55. The zero-order chi connectivity index (χ0) is 20.2. The van der Waals surface area contributed by atoms with Crippen molar-refractivity contribution in [2.45, 2.75) is 5.16 Å². The van der Waals surface area contributed by atoms with Crippen LogP contribution in [0.15, 0.2) is 71.9 Å². The third-order valence-electron chi connectivity index (χ3n) is 4.14.